The van der Waals surface area contributed by atoms with Crippen molar-refractivity contribution in [1.82, 2.24) is 5.32 Å². The van der Waals surface area contributed by atoms with Crippen LogP contribution in [0.25, 0.3) is 0 Å². The second-order valence-corrected chi connectivity index (χ2v) is 4.09. The maximum Gasteiger partial charge on any atom is 0.0914 e. The molecule has 3 nitrogen and oxygen atoms in total. The average molecular weight is 222 g/mol. The van der Waals surface area contributed by atoms with E-state index in [1.807, 2.05) is 24.3 Å². The molecule has 0 saturated carbocycles. The number of nitrogen functional groups attached to an aromatic ring is 1. The predicted octanol–water partition coefficient (Wildman–Crippen LogP) is 2.08. The lowest BCUT2D eigenvalue weighted by Crippen LogP contribution is -2.22. The summed E-state index contributed by atoms with van der Waals surface area (Å²) in [5.41, 5.74) is 7.23. The highest BCUT2D eigenvalue weighted by Gasteiger charge is 2.05. The number of unbranched alkanes of at least 4 members (excludes halogenated alkanes) is 2. The van der Waals surface area contributed by atoms with Gasteiger partial charge in [0.15, 0.2) is 0 Å². The van der Waals surface area contributed by atoms with E-state index in [1.165, 1.54) is 19.3 Å². The van der Waals surface area contributed by atoms with Gasteiger partial charge in [-0.25, -0.2) is 0 Å². The molecule has 3 heteroatoms. The van der Waals surface area contributed by atoms with Crippen molar-refractivity contribution in [3.05, 3.63) is 29.8 Å². The van der Waals surface area contributed by atoms with Gasteiger partial charge in [-0.05, 0) is 30.7 Å². The van der Waals surface area contributed by atoms with E-state index in [4.69, 9.17) is 5.73 Å². The fraction of sp³-hybridized carbons (Fsp3) is 0.538. The number of aliphatic hydroxyl groups is 1. The van der Waals surface area contributed by atoms with Crippen LogP contribution in [0.15, 0.2) is 24.3 Å². The molecule has 0 aliphatic carbocycles. The second kappa shape index (κ2) is 7.25. The first-order valence-corrected chi connectivity index (χ1v) is 5.98. The van der Waals surface area contributed by atoms with Gasteiger partial charge in [-0.2, -0.15) is 0 Å². The molecular weight excluding hydrogens is 200 g/mol. The number of hydrogen-bond donors (Lipinski definition) is 3. The molecule has 4 N–H and O–H groups in total. The number of benzene rings is 1. The zero-order valence-corrected chi connectivity index (χ0v) is 9.95. The van der Waals surface area contributed by atoms with Gasteiger partial charge in [-0.3, -0.25) is 0 Å². The number of nitrogens with one attached hydrogen (secondary N) is 1. The van der Waals surface area contributed by atoms with Gasteiger partial charge in [0.25, 0.3) is 0 Å². The number of aliphatic hydroxyl groups excluding tert-OH is 1. The number of anilines is 1. The van der Waals surface area contributed by atoms with Gasteiger partial charge in [0.2, 0.25) is 0 Å². The minimum Gasteiger partial charge on any atom is -0.399 e. The molecule has 16 heavy (non-hydrogen) atoms. The highest BCUT2D eigenvalue weighted by Crippen LogP contribution is 2.13. The molecule has 1 aromatic rings. The fourth-order valence-corrected chi connectivity index (χ4v) is 1.57. The van der Waals surface area contributed by atoms with Crippen LogP contribution in [0.1, 0.15) is 37.9 Å². The average Bonchev–Trinajstić information content (AvgIpc) is 2.29. The normalized spacial score (nSPS) is 12.6. The molecule has 0 aliphatic heterocycles. The molecule has 90 valence electrons. The smallest absolute Gasteiger partial charge is 0.0914 e. The quantitative estimate of drug-likeness (QED) is 0.489. The minimum absolute atomic E-state index is 0.442. The maximum absolute atomic E-state index is 9.86. The van der Waals surface area contributed by atoms with E-state index in [0.717, 1.165) is 17.8 Å². The van der Waals surface area contributed by atoms with Gasteiger partial charge in [0.1, 0.15) is 0 Å². The van der Waals surface area contributed by atoms with E-state index >= 15 is 0 Å². The van der Waals surface area contributed by atoms with Crippen molar-refractivity contribution in [2.45, 2.75) is 32.3 Å². The Bertz CT molecular complexity index is 284. The van der Waals surface area contributed by atoms with E-state index in [2.05, 4.69) is 12.2 Å². The van der Waals surface area contributed by atoms with Crippen molar-refractivity contribution in [2.75, 3.05) is 18.8 Å². The van der Waals surface area contributed by atoms with Crippen LogP contribution in [0.3, 0.4) is 0 Å². The number of nitrogens with two attached hydrogens (primary N) is 1. The third-order valence-electron chi connectivity index (χ3n) is 2.62. The van der Waals surface area contributed by atoms with Crippen LogP contribution in [0.4, 0.5) is 5.69 Å². The van der Waals surface area contributed by atoms with E-state index in [-0.39, 0.29) is 0 Å². The Morgan fingerprint density at radius 2 is 1.94 bits per heavy atom. The zero-order valence-electron chi connectivity index (χ0n) is 9.95. The maximum atomic E-state index is 9.86. The van der Waals surface area contributed by atoms with Crippen LogP contribution in [0, 0.1) is 0 Å². The summed E-state index contributed by atoms with van der Waals surface area (Å²) in [7, 11) is 0. The molecule has 0 heterocycles. The Labute approximate surface area is 97.7 Å². The standard InChI is InChI=1S/C13H22N2O/c1-2-3-4-9-15-10-13(16)11-5-7-12(14)8-6-11/h5-8,13,15-16H,2-4,9-10,14H2,1H3. The van der Waals surface area contributed by atoms with E-state index in [0.29, 0.717) is 6.54 Å². The van der Waals surface area contributed by atoms with Gasteiger partial charge in [-0.1, -0.05) is 31.9 Å². The van der Waals surface area contributed by atoms with Crippen molar-refractivity contribution in [2.24, 2.45) is 0 Å². The molecule has 0 fully saturated rings. The van der Waals surface area contributed by atoms with Crippen LogP contribution in [0.5, 0.6) is 0 Å². The van der Waals surface area contributed by atoms with Crippen molar-refractivity contribution < 1.29 is 5.11 Å². The lowest BCUT2D eigenvalue weighted by molar-refractivity contribution is 0.175. The molecule has 0 saturated heterocycles. The van der Waals surface area contributed by atoms with E-state index < -0.39 is 6.10 Å². The van der Waals surface area contributed by atoms with E-state index in [1.54, 1.807) is 0 Å². The predicted molar refractivity (Wildman–Crippen MR) is 68.2 cm³/mol. The summed E-state index contributed by atoms with van der Waals surface area (Å²) >= 11 is 0. The van der Waals surface area contributed by atoms with Crippen LogP contribution < -0.4 is 11.1 Å². The summed E-state index contributed by atoms with van der Waals surface area (Å²) in [5.74, 6) is 0. The van der Waals surface area contributed by atoms with Crippen LogP contribution in [-0.4, -0.2) is 18.2 Å². The van der Waals surface area contributed by atoms with Crippen LogP contribution in [-0.2, 0) is 0 Å². The van der Waals surface area contributed by atoms with Gasteiger partial charge in [0.05, 0.1) is 6.10 Å². The minimum atomic E-state index is -0.442. The molecule has 1 aromatic carbocycles. The van der Waals surface area contributed by atoms with Crippen molar-refractivity contribution in [3.63, 3.8) is 0 Å². The molecule has 0 amide bonds. The van der Waals surface area contributed by atoms with Gasteiger partial charge in [-0.15, -0.1) is 0 Å². The Morgan fingerprint density at radius 3 is 2.56 bits per heavy atom. The molecule has 0 bridgehead atoms. The van der Waals surface area contributed by atoms with Crippen molar-refractivity contribution >= 4 is 5.69 Å². The molecule has 0 radical (unpaired) electrons. The van der Waals surface area contributed by atoms with Gasteiger partial charge < -0.3 is 16.2 Å². The monoisotopic (exact) mass is 222 g/mol. The second-order valence-electron chi connectivity index (χ2n) is 4.09. The van der Waals surface area contributed by atoms with Crippen molar-refractivity contribution in [1.29, 1.82) is 0 Å². The zero-order chi connectivity index (χ0) is 11.8. The largest absolute Gasteiger partial charge is 0.399 e. The molecular formula is C13H22N2O. The molecule has 0 aliphatic rings. The summed E-state index contributed by atoms with van der Waals surface area (Å²) in [6.07, 6.45) is 3.19. The topological polar surface area (TPSA) is 58.3 Å². The first kappa shape index (κ1) is 13.0. The van der Waals surface area contributed by atoms with Gasteiger partial charge in [0, 0.05) is 12.2 Å². The molecule has 0 spiro atoms. The van der Waals surface area contributed by atoms with Crippen LogP contribution in [0.2, 0.25) is 0 Å². The highest BCUT2D eigenvalue weighted by atomic mass is 16.3. The van der Waals surface area contributed by atoms with Crippen molar-refractivity contribution in [3.8, 4) is 0 Å². The Hall–Kier alpha value is -1.06. The van der Waals surface area contributed by atoms with Gasteiger partial charge >= 0.3 is 0 Å². The van der Waals surface area contributed by atoms with Crippen LogP contribution >= 0.6 is 0 Å². The number of rotatable bonds is 7. The fourth-order valence-electron chi connectivity index (χ4n) is 1.57. The van der Waals surface area contributed by atoms with E-state index in [9.17, 15) is 5.11 Å². The Morgan fingerprint density at radius 1 is 1.25 bits per heavy atom. The highest BCUT2D eigenvalue weighted by molar-refractivity contribution is 5.39. The Kier molecular flexibility index (Phi) is 5.90. The third kappa shape index (κ3) is 4.64. The summed E-state index contributed by atoms with van der Waals surface area (Å²) in [6.45, 7) is 3.76. The number of hydrogen-bond acceptors (Lipinski definition) is 3. The lowest BCUT2D eigenvalue weighted by Gasteiger charge is -2.12. The Balaban J connectivity index is 2.24. The summed E-state index contributed by atoms with van der Waals surface area (Å²) in [6, 6.07) is 7.37. The molecule has 1 unspecified atom stereocenters. The summed E-state index contributed by atoms with van der Waals surface area (Å²) in [5, 5.41) is 13.1. The lowest BCUT2D eigenvalue weighted by atomic mass is 10.1. The first-order valence-electron chi connectivity index (χ1n) is 5.98. The molecule has 1 rings (SSSR count). The summed E-state index contributed by atoms with van der Waals surface area (Å²) < 4.78 is 0. The molecule has 0 aromatic heterocycles. The molecule has 1 atom stereocenters. The first-order chi connectivity index (χ1) is 7.74. The third-order valence-corrected chi connectivity index (χ3v) is 2.62. The SMILES string of the molecule is CCCCCNCC(O)c1ccc(N)cc1. The summed E-state index contributed by atoms with van der Waals surface area (Å²) in [4.78, 5) is 0.